The zero-order valence-electron chi connectivity index (χ0n) is 22.1. The van der Waals surface area contributed by atoms with Crippen molar-refractivity contribution in [1.82, 2.24) is 4.98 Å². The van der Waals surface area contributed by atoms with Gasteiger partial charge in [0.1, 0.15) is 0 Å². The van der Waals surface area contributed by atoms with Gasteiger partial charge in [0.25, 0.3) is 0 Å². The van der Waals surface area contributed by atoms with E-state index in [1.54, 1.807) is 36.5 Å². The number of halogens is 2. The number of alkyl halides is 4. The van der Waals surface area contributed by atoms with Crippen LogP contribution in [0.5, 0.6) is 0 Å². The molecule has 0 aromatic carbocycles. The molecular weight excluding hydrogens is 640 g/mol. The zero-order valence-corrected chi connectivity index (χ0v) is 26.4. The van der Waals surface area contributed by atoms with Gasteiger partial charge in [-0.15, -0.1) is 0 Å². The number of nitrogens with zero attached hydrogens (tertiary/aromatic N) is 1. The summed E-state index contributed by atoms with van der Waals surface area (Å²) in [5, 5.41) is 0. The molecule has 8 atom stereocenters. The van der Waals surface area contributed by atoms with Crippen LogP contribution >= 0.6 is 0 Å². The summed E-state index contributed by atoms with van der Waals surface area (Å²) in [6, 6.07) is 6.46. The van der Waals surface area contributed by atoms with Crippen molar-refractivity contribution in [2.45, 2.75) is 87.9 Å². The van der Waals surface area contributed by atoms with Gasteiger partial charge in [0.15, 0.2) is 0 Å². The van der Waals surface area contributed by atoms with Crippen LogP contribution in [0, 0.1) is 47.8 Å². The summed E-state index contributed by atoms with van der Waals surface area (Å²) >= 11 is 0.851. The van der Waals surface area contributed by atoms with E-state index in [2.05, 4.69) is 41.9 Å². The quantitative estimate of drug-likeness (QED) is 0.240. The molecule has 4 fully saturated rings. The van der Waals surface area contributed by atoms with Gasteiger partial charge in [-0.2, -0.15) is 0 Å². The predicted molar refractivity (Wildman–Crippen MR) is 136 cm³/mol. The fraction of sp³-hybridized carbons (Fsp3) is 0.774. The van der Waals surface area contributed by atoms with E-state index in [4.69, 9.17) is 11.6 Å². The van der Waals surface area contributed by atoms with Gasteiger partial charge >= 0.3 is 191 Å². The Labute approximate surface area is 230 Å². The van der Waals surface area contributed by atoms with Crippen molar-refractivity contribution in [2.75, 3.05) is 14.3 Å². The van der Waals surface area contributed by atoms with E-state index < -0.39 is 0 Å². The van der Waals surface area contributed by atoms with Gasteiger partial charge in [-0.05, 0) is 19.1 Å². The van der Waals surface area contributed by atoms with E-state index in [0.29, 0.717) is 47.8 Å². The topological polar surface area (TPSA) is 12.9 Å². The number of hydrogen-bond donors (Lipinski definition) is 0. The van der Waals surface area contributed by atoms with Crippen LogP contribution in [0.3, 0.4) is 0 Å². The molecule has 4 saturated carbocycles. The summed E-state index contributed by atoms with van der Waals surface area (Å²) in [5.74, 6) is 5.97. The first kappa shape index (κ1) is 26.0. The van der Waals surface area contributed by atoms with E-state index in [1.165, 1.54) is 37.0 Å². The molecule has 3 heteroatoms. The Balaban J connectivity index is 1.24. The average molecular weight is 688 g/mol. The maximum atomic E-state index is 4.75. The fourth-order valence-electron chi connectivity index (χ4n) is 9.39. The van der Waals surface area contributed by atoms with Gasteiger partial charge in [-0.1, -0.05) is 6.07 Å². The molecule has 192 valence electrons. The van der Waals surface area contributed by atoms with Gasteiger partial charge in [0, 0.05) is 11.4 Å². The minimum absolute atomic E-state index is 0.398. The molecular formula is C31H47I2N-2. The molecule has 0 saturated heterocycles. The number of aryl methyl sites for hydroxylation is 2. The molecule has 1 aromatic rings. The molecule has 0 radical (unpaired) electrons. The summed E-state index contributed by atoms with van der Waals surface area (Å²) in [4.78, 5) is 9.90. The normalized spacial score (nSPS) is 41.6. The Morgan fingerprint density at radius 2 is 1.85 bits per heavy atom. The van der Waals surface area contributed by atoms with E-state index >= 15 is 0 Å². The SMILES string of the molecule is C=C(CCc1cccc(C)n1)[C@H]1CC[C@H]2[C@@H]3CC[C@@H]4C[C@](C[I-]C)([I-]C)CC[C@@H]4[C@H]3CC[C@]12C. The Morgan fingerprint density at radius 3 is 2.62 bits per heavy atom. The van der Waals surface area contributed by atoms with Gasteiger partial charge in [0.2, 0.25) is 0 Å². The third kappa shape index (κ3) is 4.80. The molecule has 4 aliphatic rings. The van der Waals surface area contributed by atoms with Crippen LogP contribution in [-0.4, -0.2) is 22.7 Å². The second-order valence-electron chi connectivity index (χ2n) is 12.5. The monoisotopic (exact) mass is 687 g/mol. The first-order valence-corrected chi connectivity index (χ1v) is 20.9. The molecule has 34 heavy (non-hydrogen) atoms. The van der Waals surface area contributed by atoms with Crippen molar-refractivity contribution in [3.05, 3.63) is 41.7 Å². The van der Waals surface area contributed by atoms with E-state index in [-0.39, 0.29) is 0 Å². The number of hydrogen-bond acceptors (Lipinski definition) is 1. The molecule has 1 aromatic heterocycles. The molecule has 5 rings (SSSR count). The summed E-state index contributed by atoms with van der Waals surface area (Å²) in [6.45, 7) is 9.49. The standard InChI is InChI=1S/C31H47I2N/c1-21(9-11-24-8-6-7-22(2)34-24)28-13-14-29-27-12-10-23-19-31(33-5,20-32-4)18-16-25(23)26(27)15-17-30(28,29)3/h6-8,23,25-29H,1,9-20H2,2-5H3/q-2/t23-,25+,26-,27-,28-,29+,30-,31-/m1/s1. The Bertz CT molecular complexity index is 882. The first-order chi connectivity index (χ1) is 16.4. The third-order valence-corrected chi connectivity index (χ3v) is 18.3. The molecule has 1 nitrogen and oxygen atoms in total. The molecule has 0 spiro atoms. The third-order valence-electron chi connectivity index (χ3n) is 11.0. The van der Waals surface area contributed by atoms with Gasteiger partial charge < -0.3 is 0 Å². The van der Waals surface area contributed by atoms with E-state index in [9.17, 15) is 0 Å². The summed E-state index contributed by atoms with van der Waals surface area (Å²) in [6.07, 6.45) is 16.0. The number of allylic oxidation sites excluding steroid dienone is 1. The number of rotatable bonds is 7. The van der Waals surface area contributed by atoms with Crippen LogP contribution in [0.25, 0.3) is 0 Å². The summed E-state index contributed by atoms with van der Waals surface area (Å²) in [5.41, 5.74) is 4.45. The van der Waals surface area contributed by atoms with Crippen LogP contribution in [0.2, 0.25) is 0 Å². The van der Waals surface area contributed by atoms with Crippen molar-refractivity contribution < 1.29 is 42.4 Å². The van der Waals surface area contributed by atoms with Gasteiger partial charge in [0.05, 0.1) is 0 Å². The predicted octanol–water partition coefficient (Wildman–Crippen LogP) is 1.32. The zero-order chi connectivity index (χ0) is 23.9. The molecule has 0 bridgehead atoms. The molecule has 0 aliphatic heterocycles. The molecule has 0 amide bonds. The van der Waals surface area contributed by atoms with Crippen molar-refractivity contribution in [3.63, 3.8) is 0 Å². The number of aromatic nitrogens is 1. The summed E-state index contributed by atoms with van der Waals surface area (Å²) < 4.78 is 2.48. The minimum atomic E-state index is 0.398. The van der Waals surface area contributed by atoms with E-state index in [1.807, 2.05) is 0 Å². The summed E-state index contributed by atoms with van der Waals surface area (Å²) in [7, 11) is 0. The molecule has 4 aliphatic carbocycles. The molecule has 0 unspecified atom stereocenters. The second kappa shape index (κ2) is 10.6. The van der Waals surface area contributed by atoms with Gasteiger partial charge in [-0.3, -0.25) is 4.98 Å². The van der Waals surface area contributed by atoms with Crippen molar-refractivity contribution >= 4 is 0 Å². The second-order valence-corrected chi connectivity index (χ2v) is 18.2. The Morgan fingerprint density at radius 1 is 1.03 bits per heavy atom. The Kier molecular flexibility index (Phi) is 8.11. The maximum absolute atomic E-state index is 4.75. The molecule has 1 heterocycles. The van der Waals surface area contributed by atoms with Crippen molar-refractivity contribution in [1.29, 1.82) is 0 Å². The van der Waals surface area contributed by atoms with Gasteiger partial charge in [-0.25, -0.2) is 0 Å². The van der Waals surface area contributed by atoms with Crippen LogP contribution < -0.4 is 42.4 Å². The van der Waals surface area contributed by atoms with Crippen molar-refractivity contribution in [2.24, 2.45) is 40.9 Å². The van der Waals surface area contributed by atoms with Crippen LogP contribution in [0.15, 0.2) is 30.4 Å². The average Bonchev–Trinajstić information content (AvgIpc) is 3.20. The Hall–Kier alpha value is 0.350. The number of pyridine rings is 1. The van der Waals surface area contributed by atoms with E-state index in [0.717, 1.165) is 57.5 Å². The van der Waals surface area contributed by atoms with Crippen LogP contribution in [-0.2, 0) is 6.42 Å². The number of fused-ring (bicyclic) bond motifs is 5. The molecule has 0 N–H and O–H groups in total. The first-order valence-electron chi connectivity index (χ1n) is 13.9. The van der Waals surface area contributed by atoms with Crippen LogP contribution in [0.1, 0.15) is 82.5 Å². The van der Waals surface area contributed by atoms with Crippen molar-refractivity contribution in [3.8, 4) is 0 Å². The van der Waals surface area contributed by atoms with Crippen LogP contribution in [0.4, 0.5) is 0 Å². The fourth-order valence-corrected chi connectivity index (χ4v) is 17.5.